The Hall–Kier alpha value is -0.370. The van der Waals surface area contributed by atoms with Gasteiger partial charge in [0.2, 0.25) is 0 Å². The topological polar surface area (TPSA) is 20.3 Å². The van der Waals surface area contributed by atoms with Crippen LogP contribution in [0.1, 0.15) is 84.5 Å². The average Bonchev–Trinajstić information content (AvgIpc) is 2.59. The Bertz CT molecular complexity index is 379. The molecule has 0 amide bonds. The Balaban J connectivity index is 1.44. The Labute approximate surface area is 143 Å². The fourth-order valence-electron chi connectivity index (χ4n) is 5.45. The van der Waals surface area contributed by atoms with E-state index < -0.39 is 0 Å². The maximum absolute atomic E-state index is 12.8. The van der Waals surface area contributed by atoms with Crippen LogP contribution in [0.15, 0.2) is 0 Å². The monoisotopic (exact) mass is 319 g/mol. The van der Waals surface area contributed by atoms with E-state index in [0.717, 1.165) is 30.8 Å². The van der Waals surface area contributed by atoms with Crippen LogP contribution in [-0.4, -0.2) is 29.8 Å². The number of rotatable bonds is 4. The summed E-state index contributed by atoms with van der Waals surface area (Å²) in [6, 6.07) is 0.605. The van der Waals surface area contributed by atoms with E-state index in [1.807, 2.05) is 0 Å². The number of carbonyl (C=O) groups is 1. The van der Waals surface area contributed by atoms with Crippen LogP contribution in [0.3, 0.4) is 0 Å². The van der Waals surface area contributed by atoms with E-state index in [1.54, 1.807) is 0 Å². The molecule has 2 saturated carbocycles. The van der Waals surface area contributed by atoms with E-state index in [1.165, 1.54) is 70.6 Å². The van der Waals surface area contributed by atoms with Gasteiger partial charge in [0.15, 0.2) is 0 Å². The minimum atomic E-state index is 0.374. The smallest absolute Gasteiger partial charge is 0.149 e. The maximum Gasteiger partial charge on any atom is 0.149 e. The van der Waals surface area contributed by atoms with Crippen molar-refractivity contribution in [1.29, 1.82) is 0 Å². The molecule has 132 valence electrons. The lowest BCUT2D eigenvalue weighted by atomic mass is 9.70. The van der Waals surface area contributed by atoms with Gasteiger partial charge in [-0.05, 0) is 63.2 Å². The van der Waals surface area contributed by atoms with Crippen LogP contribution < -0.4 is 0 Å². The largest absolute Gasteiger partial charge is 0.298 e. The molecule has 2 unspecified atom stereocenters. The first-order valence-electron chi connectivity index (χ1n) is 10.4. The summed E-state index contributed by atoms with van der Waals surface area (Å²) in [4.78, 5) is 15.2. The molecule has 3 aliphatic rings. The lowest BCUT2D eigenvalue weighted by Crippen LogP contribution is -2.45. The molecule has 1 saturated heterocycles. The lowest BCUT2D eigenvalue weighted by molar-refractivity contribution is -0.126. The van der Waals surface area contributed by atoms with Gasteiger partial charge in [-0.2, -0.15) is 0 Å². The van der Waals surface area contributed by atoms with Crippen molar-refractivity contribution in [3.8, 4) is 0 Å². The maximum atomic E-state index is 12.8. The first kappa shape index (κ1) is 17.5. The summed E-state index contributed by atoms with van der Waals surface area (Å²) in [5, 5.41) is 0. The number of hydrogen-bond donors (Lipinski definition) is 0. The minimum absolute atomic E-state index is 0.374. The van der Waals surface area contributed by atoms with E-state index >= 15 is 0 Å². The predicted octanol–water partition coefficient (Wildman–Crippen LogP) is 5.06. The molecular formula is C21H37NO. The van der Waals surface area contributed by atoms with Crippen molar-refractivity contribution in [3.05, 3.63) is 0 Å². The average molecular weight is 320 g/mol. The molecule has 2 heteroatoms. The van der Waals surface area contributed by atoms with Crippen LogP contribution in [-0.2, 0) is 4.79 Å². The summed E-state index contributed by atoms with van der Waals surface area (Å²) >= 11 is 0. The van der Waals surface area contributed by atoms with Crippen molar-refractivity contribution in [3.63, 3.8) is 0 Å². The van der Waals surface area contributed by atoms with Gasteiger partial charge in [-0.1, -0.05) is 39.0 Å². The highest BCUT2D eigenvalue weighted by Crippen LogP contribution is 2.40. The predicted molar refractivity (Wildman–Crippen MR) is 96.5 cm³/mol. The molecule has 0 aromatic carbocycles. The molecule has 0 N–H and O–H groups in total. The summed E-state index contributed by atoms with van der Waals surface area (Å²) in [5.74, 6) is 3.62. The first-order valence-corrected chi connectivity index (χ1v) is 10.4. The third-order valence-electron chi connectivity index (χ3n) is 7.15. The Morgan fingerprint density at radius 2 is 1.48 bits per heavy atom. The van der Waals surface area contributed by atoms with Gasteiger partial charge in [-0.3, -0.25) is 9.69 Å². The van der Waals surface area contributed by atoms with E-state index in [9.17, 15) is 4.79 Å². The summed E-state index contributed by atoms with van der Waals surface area (Å²) in [5.41, 5.74) is 0. The van der Waals surface area contributed by atoms with Crippen LogP contribution in [0.5, 0.6) is 0 Å². The fourth-order valence-corrected chi connectivity index (χ4v) is 5.45. The molecule has 2 nitrogen and oxygen atoms in total. The highest BCUT2D eigenvalue weighted by atomic mass is 16.1. The summed E-state index contributed by atoms with van der Waals surface area (Å²) in [7, 11) is 0. The molecule has 2 aliphatic carbocycles. The van der Waals surface area contributed by atoms with Gasteiger partial charge in [0.05, 0.1) is 6.54 Å². The van der Waals surface area contributed by atoms with Gasteiger partial charge in [0.25, 0.3) is 0 Å². The second-order valence-electron chi connectivity index (χ2n) is 8.94. The SMILES string of the molecule is CC1CCC(C)N(CC(=O)C2CCC(C3CCCCC3)CC2)C1. The number of likely N-dealkylation sites (tertiary alicyclic amines) is 1. The standard InChI is InChI=1S/C21H37NO/c1-16-8-9-17(2)22(14-16)15-21(23)20-12-10-19(11-13-20)18-6-4-3-5-7-18/h16-20H,3-15H2,1-2H3. The van der Waals surface area contributed by atoms with E-state index in [-0.39, 0.29) is 0 Å². The van der Waals surface area contributed by atoms with E-state index in [2.05, 4.69) is 18.7 Å². The van der Waals surface area contributed by atoms with Crippen molar-refractivity contribution in [2.24, 2.45) is 23.7 Å². The van der Waals surface area contributed by atoms with Crippen LogP contribution in [0, 0.1) is 23.7 Å². The van der Waals surface area contributed by atoms with Gasteiger partial charge < -0.3 is 0 Å². The zero-order chi connectivity index (χ0) is 16.2. The number of hydrogen-bond acceptors (Lipinski definition) is 2. The summed E-state index contributed by atoms with van der Waals surface area (Å²) in [6.07, 6.45) is 14.9. The fraction of sp³-hybridized carbons (Fsp3) is 0.952. The molecule has 2 atom stereocenters. The van der Waals surface area contributed by atoms with Gasteiger partial charge >= 0.3 is 0 Å². The third kappa shape index (κ3) is 4.59. The molecular weight excluding hydrogens is 282 g/mol. The number of carbonyl (C=O) groups excluding carboxylic acids is 1. The number of ketones is 1. The highest BCUT2D eigenvalue weighted by Gasteiger charge is 2.33. The molecule has 1 aliphatic heterocycles. The Morgan fingerprint density at radius 1 is 0.826 bits per heavy atom. The Kier molecular flexibility index (Phi) is 6.18. The molecule has 0 spiro atoms. The number of piperidine rings is 1. The van der Waals surface area contributed by atoms with Crippen LogP contribution in [0.4, 0.5) is 0 Å². The van der Waals surface area contributed by atoms with Crippen molar-refractivity contribution in [2.45, 2.75) is 90.5 Å². The molecule has 0 bridgehead atoms. The van der Waals surface area contributed by atoms with E-state index in [0.29, 0.717) is 17.7 Å². The molecule has 3 rings (SSSR count). The normalized spacial score (nSPS) is 37.7. The van der Waals surface area contributed by atoms with Gasteiger partial charge in [0, 0.05) is 18.5 Å². The first-order chi connectivity index (χ1) is 11.1. The summed E-state index contributed by atoms with van der Waals surface area (Å²) in [6.45, 7) is 6.49. The highest BCUT2D eigenvalue weighted by molar-refractivity contribution is 5.83. The van der Waals surface area contributed by atoms with Crippen molar-refractivity contribution < 1.29 is 4.79 Å². The quantitative estimate of drug-likeness (QED) is 0.721. The van der Waals surface area contributed by atoms with Gasteiger partial charge in [-0.15, -0.1) is 0 Å². The molecule has 3 fully saturated rings. The third-order valence-corrected chi connectivity index (χ3v) is 7.15. The zero-order valence-corrected chi connectivity index (χ0v) is 15.4. The lowest BCUT2D eigenvalue weighted by Gasteiger charge is -2.38. The van der Waals surface area contributed by atoms with Crippen molar-refractivity contribution >= 4 is 5.78 Å². The Morgan fingerprint density at radius 3 is 2.17 bits per heavy atom. The van der Waals surface area contributed by atoms with Crippen LogP contribution in [0.2, 0.25) is 0 Å². The van der Waals surface area contributed by atoms with Gasteiger partial charge in [0.1, 0.15) is 5.78 Å². The second-order valence-corrected chi connectivity index (χ2v) is 8.94. The molecule has 0 aromatic rings. The summed E-state index contributed by atoms with van der Waals surface area (Å²) < 4.78 is 0. The molecule has 0 radical (unpaired) electrons. The van der Waals surface area contributed by atoms with Gasteiger partial charge in [-0.25, -0.2) is 0 Å². The molecule has 1 heterocycles. The number of nitrogens with zero attached hydrogens (tertiary/aromatic N) is 1. The minimum Gasteiger partial charge on any atom is -0.298 e. The van der Waals surface area contributed by atoms with Crippen LogP contribution in [0.25, 0.3) is 0 Å². The van der Waals surface area contributed by atoms with Crippen LogP contribution >= 0.6 is 0 Å². The van der Waals surface area contributed by atoms with E-state index in [4.69, 9.17) is 0 Å². The zero-order valence-electron chi connectivity index (χ0n) is 15.4. The molecule has 0 aromatic heterocycles. The molecule has 23 heavy (non-hydrogen) atoms. The number of Topliss-reactive ketones (excluding diaryl/α,β-unsaturated/α-hetero) is 1. The van der Waals surface area contributed by atoms with Crippen molar-refractivity contribution in [1.82, 2.24) is 4.90 Å². The van der Waals surface area contributed by atoms with Crippen molar-refractivity contribution in [2.75, 3.05) is 13.1 Å². The second kappa shape index (κ2) is 8.14.